The van der Waals surface area contributed by atoms with Crippen molar-refractivity contribution in [1.82, 2.24) is 19.3 Å². The van der Waals surface area contributed by atoms with Crippen LogP contribution in [0.4, 0.5) is 0 Å². The highest BCUT2D eigenvalue weighted by Gasteiger charge is 2.50. The van der Waals surface area contributed by atoms with Gasteiger partial charge in [0.05, 0.1) is 23.2 Å². The first-order chi connectivity index (χ1) is 11.9. The molecule has 2 aliphatic rings. The average Bonchev–Trinajstić information content (AvgIpc) is 3.14. The maximum Gasteiger partial charge on any atom is 0.176 e. The third-order valence-electron chi connectivity index (χ3n) is 5.91. The van der Waals surface area contributed by atoms with E-state index >= 15 is 0 Å². The van der Waals surface area contributed by atoms with Crippen molar-refractivity contribution in [1.29, 1.82) is 5.26 Å². The lowest BCUT2D eigenvalue weighted by Crippen LogP contribution is -2.45. The molecule has 4 rings (SSSR count). The van der Waals surface area contributed by atoms with Crippen LogP contribution in [-0.4, -0.2) is 25.1 Å². The van der Waals surface area contributed by atoms with Crippen molar-refractivity contribution in [3.63, 3.8) is 0 Å². The highest BCUT2D eigenvalue weighted by Crippen LogP contribution is 2.49. The number of Topliss-reactive ketones (excluding diaryl/α,β-unsaturated/α-hetero) is 1. The van der Waals surface area contributed by atoms with E-state index in [9.17, 15) is 10.1 Å². The van der Waals surface area contributed by atoms with Gasteiger partial charge in [0.25, 0.3) is 0 Å². The lowest BCUT2D eigenvalue weighted by molar-refractivity contribution is -0.121. The van der Waals surface area contributed by atoms with E-state index in [1.165, 1.54) is 5.69 Å². The van der Waals surface area contributed by atoms with Crippen molar-refractivity contribution in [3.8, 4) is 11.8 Å². The largest absolute Gasteiger partial charge is 0.297 e. The normalized spacial score (nSPS) is 28.1. The van der Waals surface area contributed by atoms with Crippen LogP contribution in [0.2, 0.25) is 0 Å². The van der Waals surface area contributed by atoms with Crippen LogP contribution in [-0.2, 0) is 23.7 Å². The lowest BCUT2D eigenvalue weighted by Gasteiger charge is -2.44. The second kappa shape index (κ2) is 5.16. The second-order valence-electron chi connectivity index (χ2n) is 7.41. The van der Waals surface area contributed by atoms with Crippen molar-refractivity contribution in [2.45, 2.75) is 39.0 Å². The van der Waals surface area contributed by atoms with Gasteiger partial charge in [0.1, 0.15) is 11.9 Å². The Bertz CT molecular complexity index is 957. The van der Waals surface area contributed by atoms with E-state index in [0.29, 0.717) is 0 Å². The SMILES string of the molecule is Cc1nc2c(n1-c1cnn(C)c1)CC[C@H]1[C@H](C)C(=O)C(C#N)=C[C@]21C. The van der Waals surface area contributed by atoms with E-state index in [4.69, 9.17) is 4.98 Å². The number of carbonyl (C=O) groups is 1. The molecule has 0 aliphatic heterocycles. The van der Waals surface area contributed by atoms with E-state index in [1.54, 1.807) is 4.68 Å². The molecular weight excluding hydrogens is 314 g/mol. The van der Waals surface area contributed by atoms with Gasteiger partial charge in [-0.1, -0.05) is 19.9 Å². The van der Waals surface area contributed by atoms with Crippen LogP contribution in [0, 0.1) is 30.1 Å². The molecule has 128 valence electrons. The zero-order valence-electron chi connectivity index (χ0n) is 14.9. The molecule has 0 fully saturated rings. The summed E-state index contributed by atoms with van der Waals surface area (Å²) in [7, 11) is 1.90. The fourth-order valence-electron chi connectivity index (χ4n) is 4.70. The van der Waals surface area contributed by atoms with Crippen molar-refractivity contribution >= 4 is 5.78 Å². The van der Waals surface area contributed by atoms with Gasteiger partial charge in [-0.15, -0.1) is 0 Å². The summed E-state index contributed by atoms with van der Waals surface area (Å²) in [6, 6.07) is 2.09. The molecule has 0 amide bonds. The summed E-state index contributed by atoms with van der Waals surface area (Å²) in [5.74, 6) is 0.913. The Morgan fingerprint density at radius 2 is 2.20 bits per heavy atom. The molecule has 25 heavy (non-hydrogen) atoms. The summed E-state index contributed by atoms with van der Waals surface area (Å²) in [6.07, 6.45) is 7.47. The molecule has 6 heteroatoms. The molecule has 0 saturated heterocycles. The van der Waals surface area contributed by atoms with E-state index in [-0.39, 0.29) is 28.6 Å². The molecule has 2 heterocycles. The van der Waals surface area contributed by atoms with Crippen molar-refractivity contribution in [2.24, 2.45) is 18.9 Å². The second-order valence-corrected chi connectivity index (χ2v) is 7.41. The summed E-state index contributed by atoms with van der Waals surface area (Å²) in [6.45, 7) is 6.07. The van der Waals surface area contributed by atoms with Crippen LogP contribution in [0.1, 0.15) is 37.5 Å². The first-order valence-electron chi connectivity index (χ1n) is 8.61. The number of imidazole rings is 1. The number of aryl methyl sites for hydroxylation is 2. The Balaban J connectivity index is 1.94. The van der Waals surface area contributed by atoms with Gasteiger partial charge in [0.2, 0.25) is 0 Å². The van der Waals surface area contributed by atoms with Crippen molar-refractivity contribution < 1.29 is 4.79 Å². The number of carbonyl (C=O) groups excluding carboxylic acids is 1. The minimum absolute atomic E-state index is 0.0307. The molecular formula is C19H21N5O. The van der Waals surface area contributed by atoms with Crippen LogP contribution < -0.4 is 0 Å². The Morgan fingerprint density at radius 3 is 2.84 bits per heavy atom. The zero-order valence-corrected chi connectivity index (χ0v) is 14.9. The Hall–Kier alpha value is -2.68. The molecule has 0 radical (unpaired) electrons. The van der Waals surface area contributed by atoms with Crippen LogP contribution in [0.15, 0.2) is 24.0 Å². The number of ketones is 1. The quantitative estimate of drug-likeness (QED) is 0.802. The number of allylic oxidation sites excluding steroid dienone is 2. The van der Waals surface area contributed by atoms with Crippen LogP contribution in [0.25, 0.3) is 5.69 Å². The summed E-state index contributed by atoms with van der Waals surface area (Å²) in [4.78, 5) is 17.3. The highest BCUT2D eigenvalue weighted by molar-refractivity contribution is 6.02. The van der Waals surface area contributed by atoms with Gasteiger partial charge in [-0.3, -0.25) is 14.0 Å². The Morgan fingerprint density at radius 1 is 1.44 bits per heavy atom. The molecule has 0 spiro atoms. The van der Waals surface area contributed by atoms with Gasteiger partial charge >= 0.3 is 0 Å². The highest BCUT2D eigenvalue weighted by atomic mass is 16.1. The summed E-state index contributed by atoms with van der Waals surface area (Å²) >= 11 is 0. The lowest BCUT2D eigenvalue weighted by atomic mass is 9.58. The molecule has 0 N–H and O–H groups in total. The van der Waals surface area contributed by atoms with E-state index in [0.717, 1.165) is 30.0 Å². The minimum Gasteiger partial charge on any atom is -0.297 e. The Labute approximate surface area is 146 Å². The fourth-order valence-corrected chi connectivity index (χ4v) is 4.70. The van der Waals surface area contributed by atoms with Gasteiger partial charge in [-0.05, 0) is 25.7 Å². The predicted molar refractivity (Wildman–Crippen MR) is 92.1 cm³/mol. The van der Waals surface area contributed by atoms with Gasteiger partial charge < -0.3 is 0 Å². The number of nitrogens with zero attached hydrogens (tertiary/aromatic N) is 5. The van der Waals surface area contributed by atoms with E-state index < -0.39 is 0 Å². The van der Waals surface area contributed by atoms with Crippen molar-refractivity contribution in [2.75, 3.05) is 0 Å². The monoisotopic (exact) mass is 335 g/mol. The third-order valence-corrected chi connectivity index (χ3v) is 5.91. The summed E-state index contributed by atoms with van der Waals surface area (Å²) in [5, 5.41) is 13.7. The molecule has 2 aromatic rings. The molecule has 2 aliphatic carbocycles. The molecule has 0 unspecified atom stereocenters. The standard InChI is InChI=1S/C19H21N5O/c1-11-15-5-6-16-18(19(15,3)7-13(8-20)17(11)25)22-12(2)24(16)14-9-21-23(4)10-14/h7,9-11,15H,5-6H2,1-4H3/t11-,15-,19-/m0/s1. The first kappa shape index (κ1) is 15.8. The summed E-state index contributed by atoms with van der Waals surface area (Å²) in [5.41, 5.74) is 3.05. The first-order valence-corrected chi connectivity index (χ1v) is 8.61. The number of fused-ring (bicyclic) bond motifs is 3. The number of aromatic nitrogens is 4. The van der Waals surface area contributed by atoms with Gasteiger partial charge in [0, 0.05) is 30.3 Å². The molecule has 0 aromatic carbocycles. The van der Waals surface area contributed by atoms with Gasteiger partial charge in [0.15, 0.2) is 5.78 Å². The Kier molecular flexibility index (Phi) is 3.26. The predicted octanol–water partition coefficient (Wildman–Crippen LogP) is 2.40. The maximum absolute atomic E-state index is 12.4. The van der Waals surface area contributed by atoms with Gasteiger partial charge in [-0.2, -0.15) is 10.4 Å². The molecule has 3 atom stereocenters. The zero-order chi connectivity index (χ0) is 17.9. The molecule has 6 nitrogen and oxygen atoms in total. The van der Waals surface area contributed by atoms with E-state index in [2.05, 4.69) is 22.7 Å². The number of hydrogen-bond acceptors (Lipinski definition) is 4. The smallest absolute Gasteiger partial charge is 0.176 e. The maximum atomic E-state index is 12.4. The van der Waals surface area contributed by atoms with Crippen LogP contribution in [0.5, 0.6) is 0 Å². The number of hydrogen-bond donors (Lipinski definition) is 0. The minimum atomic E-state index is -0.385. The van der Waals surface area contributed by atoms with E-state index in [1.807, 2.05) is 39.4 Å². The topological polar surface area (TPSA) is 76.5 Å². The molecule has 2 aromatic heterocycles. The van der Waals surface area contributed by atoms with Crippen molar-refractivity contribution in [3.05, 3.63) is 41.3 Å². The van der Waals surface area contributed by atoms with Gasteiger partial charge in [-0.25, -0.2) is 4.98 Å². The fraction of sp³-hybridized carbons (Fsp3) is 0.474. The average molecular weight is 335 g/mol. The molecule has 0 bridgehead atoms. The van der Waals surface area contributed by atoms with Crippen LogP contribution in [0.3, 0.4) is 0 Å². The summed E-state index contributed by atoms with van der Waals surface area (Å²) < 4.78 is 3.94. The molecule has 0 saturated carbocycles. The van der Waals surface area contributed by atoms with Crippen LogP contribution >= 0.6 is 0 Å². The number of rotatable bonds is 1. The number of nitriles is 1. The third kappa shape index (κ3) is 2.05.